The van der Waals surface area contributed by atoms with Crippen LogP contribution in [0.25, 0.3) is 0 Å². The van der Waals surface area contributed by atoms with Crippen molar-refractivity contribution in [3.63, 3.8) is 0 Å². The van der Waals surface area contributed by atoms with Crippen LogP contribution in [0.3, 0.4) is 0 Å². The summed E-state index contributed by atoms with van der Waals surface area (Å²) in [5.74, 6) is 0.867. The minimum Gasteiger partial charge on any atom is -0.357 e. The number of nitrogens with one attached hydrogen (secondary N) is 2. The molecule has 0 amide bonds. The minimum absolute atomic E-state index is 0.379. The zero-order valence-corrected chi connectivity index (χ0v) is 17.3. The van der Waals surface area contributed by atoms with Crippen LogP contribution in [0.2, 0.25) is 0 Å². The topological polar surface area (TPSA) is 52.6 Å². The van der Waals surface area contributed by atoms with Crippen LogP contribution in [-0.4, -0.2) is 42.0 Å². The summed E-state index contributed by atoms with van der Waals surface area (Å²) >= 11 is 1.75. The van der Waals surface area contributed by atoms with E-state index in [9.17, 15) is 0 Å². The maximum absolute atomic E-state index is 4.75. The molecule has 0 spiro atoms. The summed E-state index contributed by atoms with van der Waals surface area (Å²) in [4.78, 5) is 13.1. The van der Waals surface area contributed by atoms with Gasteiger partial charge in [0.15, 0.2) is 5.96 Å². The Balaban J connectivity index is 1.65. The second kappa shape index (κ2) is 10.4. The number of likely N-dealkylation sites (tertiary alicyclic amines) is 1. The Morgan fingerprint density at radius 2 is 1.96 bits per heavy atom. The molecule has 1 unspecified atom stereocenters. The average Bonchev–Trinajstić information content (AvgIpc) is 3.39. The first-order valence-corrected chi connectivity index (χ1v) is 10.9. The molecular weight excluding hydrogens is 354 g/mol. The molecule has 2 heterocycles. The first kappa shape index (κ1) is 19.8. The fourth-order valence-corrected chi connectivity index (χ4v) is 4.24. The predicted octanol–water partition coefficient (Wildman–Crippen LogP) is 3.60. The summed E-state index contributed by atoms with van der Waals surface area (Å²) in [7, 11) is 0. The summed E-state index contributed by atoms with van der Waals surface area (Å²) in [6, 6.07) is 11.2. The molecule has 1 saturated heterocycles. The highest BCUT2D eigenvalue weighted by atomic mass is 32.1. The molecule has 2 N–H and O–H groups in total. The number of guanidine groups is 1. The second-order valence-electron chi connectivity index (χ2n) is 6.82. The third kappa shape index (κ3) is 5.78. The van der Waals surface area contributed by atoms with E-state index >= 15 is 0 Å². The van der Waals surface area contributed by atoms with Crippen molar-refractivity contribution in [3.8, 4) is 0 Å². The molecule has 6 heteroatoms. The fraction of sp³-hybridized carbons (Fsp3) is 0.524. The standard InChI is InChI=1S/C21H31N5S/c1-3-18-14-23-20(27-18)16-25-21(22-4-2)24-15-19(26-12-8-9-13-26)17-10-6-5-7-11-17/h5-7,10-11,14,19H,3-4,8-9,12-13,15-16H2,1-2H3,(H2,22,24,25). The van der Waals surface area contributed by atoms with E-state index in [1.165, 1.54) is 36.4 Å². The molecule has 3 rings (SSSR count). The normalized spacial score (nSPS) is 16.4. The quantitative estimate of drug-likeness (QED) is 0.538. The van der Waals surface area contributed by atoms with Crippen molar-refractivity contribution in [1.29, 1.82) is 0 Å². The van der Waals surface area contributed by atoms with Gasteiger partial charge in [0, 0.05) is 24.2 Å². The van der Waals surface area contributed by atoms with Crippen molar-refractivity contribution < 1.29 is 0 Å². The van der Waals surface area contributed by atoms with E-state index in [-0.39, 0.29) is 0 Å². The molecule has 27 heavy (non-hydrogen) atoms. The van der Waals surface area contributed by atoms with Gasteiger partial charge >= 0.3 is 0 Å². The highest BCUT2D eigenvalue weighted by Gasteiger charge is 2.23. The van der Waals surface area contributed by atoms with Crippen molar-refractivity contribution in [3.05, 3.63) is 52.0 Å². The summed E-state index contributed by atoms with van der Waals surface area (Å²) in [5.41, 5.74) is 1.37. The first-order valence-electron chi connectivity index (χ1n) is 10.0. The average molecular weight is 386 g/mol. The highest BCUT2D eigenvalue weighted by molar-refractivity contribution is 7.11. The van der Waals surface area contributed by atoms with Gasteiger partial charge in [-0.15, -0.1) is 11.3 Å². The third-order valence-corrected chi connectivity index (χ3v) is 6.02. The second-order valence-corrected chi connectivity index (χ2v) is 8.02. The molecule has 0 aliphatic carbocycles. The van der Waals surface area contributed by atoms with Crippen LogP contribution in [0.1, 0.15) is 48.2 Å². The maximum atomic E-state index is 4.75. The van der Waals surface area contributed by atoms with Gasteiger partial charge in [0.25, 0.3) is 0 Å². The fourth-order valence-electron chi connectivity index (χ4n) is 3.45. The Bertz CT molecular complexity index is 706. The zero-order valence-electron chi connectivity index (χ0n) is 16.4. The van der Waals surface area contributed by atoms with E-state index in [0.29, 0.717) is 12.6 Å². The molecule has 146 valence electrons. The van der Waals surface area contributed by atoms with Gasteiger partial charge < -0.3 is 10.6 Å². The van der Waals surface area contributed by atoms with E-state index < -0.39 is 0 Å². The monoisotopic (exact) mass is 385 g/mol. The van der Waals surface area contributed by atoms with Gasteiger partial charge in [-0.25, -0.2) is 9.98 Å². The first-order chi connectivity index (χ1) is 13.3. The molecule has 2 aromatic rings. The third-order valence-electron chi connectivity index (χ3n) is 4.90. The lowest BCUT2D eigenvalue weighted by Crippen LogP contribution is -2.42. The Morgan fingerprint density at radius 1 is 1.19 bits per heavy atom. The number of aryl methyl sites for hydroxylation is 1. The van der Waals surface area contributed by atoms with Gasteiger partial charge in [-0.05, 0) is 44.8 Å². The van der Waals surface area contributed by atoms with E-state index in [4.69, 9.17) is 4.99 Å². The van der Waals surface area contributed by atoms with Crippen molar-refractivity contribution in [2.24, 2.45) is 4.99 Å². The molecule has 0 saturated carbocycles. The summed E-state index contributed by atoms with van der Waals surface area (Å²) in [5, 5.41) is 8.00. The molecule has 1 fully saturated rings. The highest BCUT2D eigenvalue weighted by Crippen LogP contribution is 2.24. The van der Waals surface area contributed by atoms with Gasteiger partial charge in [0.2, 0.25) is 0 Å². The number of benzene rings is 1. The SMILES string of the molecule is CCNC(=NCc1ncc(CC)s1)NCC(c1ccccc1)N1CCCC1. The lowest BCUT2D eigenvalue weighted by molar-refractivity contribution is 0.245. The molecule has 1 aliphatic heterocycles. The van der Waals surface area contributed by atoms with Gasteiger partial charge in [0.1, 0.15) is 5.01 Å². The predicted molar refractivity (Wildman–Crippen MR) is 114 cm³/mol. The molecule has 5 nitrogen and oxygen atoms in total. The molecular formula is C21H31N5S. The largest absolute Gasteiger partial charge is 0.357 e. The molecule has 0 bridgehead atoms. The maximum Gasteiger partial charge on any atom is 0.191 e. The number of nitrogens with zero attached hydrogens (tertiary/aromatic N) is 3. The van der Waals surface area contributed by atoms with Gasteiger partial charge in [0.05, 0.1) is 12.6 Å². The van der Waals surface area contributed by atoms with Crippen LogP contribution in [0, 0.1) is 0 Å². The number of thiazole rings is 1. The van der Waals surface area contributed by atoms with E-state index in [1.807, 2.05) is 6.20 Å². The van der Waals surface area contributed by atoms with Gasteiger partial charge in [-0.1, -0.05) is 37.3 Å². The van der Waals surface area contributed by atoms with Crippen LogP contribution in [-0.2, 0) is 13.0 Å². The minimum atomic E-state index is 0.379. The van der Waals surface area contributed by atoms with Crippen molar-refractivity contribution >= 4 is 17.3 Å². The molecule has 0 radical (unpaired) electrons. The van der Waals surface area contributed by atoms with Crippen molar-refractivity contribution in [2.75, 3.05) is 26.2 Å². The smallest absolute Gasteiger partial charge is 0.191 e. The molecule has 1 aliphatic rings. The Labute approximate surface area is 166 Å². The van der Waals surface area contributed by atoms with Crippen LogP contribution in [0.15, 0.2) is 41.5 Å². The molecule has 1 aromatic heterocycles. The lowest BCUT2D eigenvalue weighted by atomic mass is 10.1. The van der Waals surface area contributed by atoms with Crippen LogP contribution >= 0.6 is 11.3 Å². The number of hydrogen-bond donors (Lipinski definition) is 2. The number of rotatable bonds is 8. The Kier molecular flexibility index (Phi) is 7.66. The lowest BCUT2D eigenvalue weighted by Gasteiger charge is -2.29. The van der Waals surface area contributed by atoms with Gasteiger partial charge in [-0.3, -0.25) is 4.90 Å². The summed E-state index contributed by atoms with van der Waals surface area (Å²) < 4.78 is 0. The molecule has 1 atom stereocenters. The van der Waals surface area contributed by atoms with Crippen LogP contribution in [0.4, 0.5) is 0 Å². The number of aromatic nitrogens is 1. The summed E-state index contributed by atoms with van der Waals surface area (Å²) in [6.07, 6.45) is 5.59. The van der Waals surface area contributed by atoms with E-state index in [0.717, 1.165) is 30.5 Å². The Hall–Kier alpha value is -1.92. The van der Waals surface area contributed by atoms with Crippen molar-refractivity contribution in [2.45, 2.75) is 45.7 Å². The summed E-state index contributed by atoms with van der Waals surface area (Å²) in [6.45, 7) is 8.94. The number of aliphatic imine (C=N–C) groups is 1. The van der Waals surface area contributed by atoms with E-state index in [2.05, 4.69) is 64.7 Å². The Morgan fingerprint density at radius 3 is 2.63 bits per heavy atom. The zero-order chi connectivity index (χ0) is 18.9. The van der Waals surface area contributed by atoms with Crippen LogP contribution < -0.4 is 10.6 Å². The van der Waals surface area contributed by atoms with E-state index in [1.54, 1.807) is 11.3 Å². The van der Waals surface area contributed by atoms with Gasteiger partial charge in [-0.2, -0.15) is 0 Å². The van der Waals surface area contributed by atoms with Crippen molar-refractivity contribution in [1.82, 2.24) is 20.5 Å². The van der Waals surface area contributed by atoms with Crippen LogP contribution in [0.5, 0.6) is 0 Å². The molecule has 1 aromatic carbocycles. The number of hydrogen-bond acceptors (Lipinski definition) is 4.